The Balaban J connectivity index is 1.84. The number of fused-ring (bicyclic) bond motifs is 2. The summed E-state index contributed by atoms with van der Waals surface area (Å²) >= 11 is 1.67. The minimum atomic E-state index is -0.245. The van der Waals surface area contributed by atoms with Gasteiger partial charge in [-0.15, -0.1) is 11.3 Å². The molecule has 4 rings (SSSR count). The van der Waals surface area contributed by atoms with E-state index < -0.39 is 0 Å². The highest BCUT2D eigenvalue weighted by atomic mass is 32.1. The number of ether oxygens (including phenoxy) is 3. The fourth-order valence-corrected chi connectivity index (χ4v) is 4.48. The number of methoxy groups -OCH3 is 2. The van der Waals surface area contributed by atoms with Crippen LogP contribution in [0.1, 0.15) is 39.9 Å². The van der Waals surface area contributed by atoms with Gasteiger partial charge in [-0.1, -0.05) is 18.2 Å². The third-order valence-corrected chi connectivity index (χ3v) is 5.77. The second kappa shape index (κ2) is 6.96. The van der Waals surface area contributed by atoms with Gasteiger partial charge in [0.05, 0.1) is 24.8 Å². The lowest BCUT2D eigenvalue weighted by molar-refractivity contribution is -0.134. The molecule has 2 aromatic rings. The van der Waals surface area contributed by atoms with E-state index in [9.17, 15) is 4.79 Å². The molecule has 0 bridgehead atoms. The number of carbonyl (C=O) groups excluding carboxylic acids is 1. The first kappa shape index (κ1) is 16.8. The maximum absolute atomic E-state index is 12.1. The molecule has 2 aliphatic rings. The van der Waals surface area contributed by atoms with Crippen LogP contribution in [-0.2, 0) is 11.2 Å². The quantitative estimate of drug-likeness (QED) is 0.602. The molecule has 1 aliphatic heterocycles. The van der Waals surface area contributed by atoms with E-state index in [1.54, 1.807) is 31.6 Å². The lowest BCUT2D eigenvalue weighted by Gasteiger charge is -2.18. The summed E-state index contributed by atoms with van der Waals surface area (Å²) < 4.78 is 16.5. The molecule has 6 heteroatoms. The van der Waals surface area contributed by atoms with E-state index in [-0.39, 0.29) is 11.9 Å². The number of carbonyl (C=O) groups is 1. The Morgan fingerprint density at radius 3 is 2.92 bits per heavy atom. The predicted octanol–water partition coefficient (Wildman–Crippen LogP) is 4.12. The molecule has 1 aliphatic carbocycles. The van der Waals surface area contributed by atoms with Crippen molar-refractivity contribution in [2.45, 2.75) is 25.2 Å². The highest BCUT2D eigenvalue weighted by molar-refractivity contribution is 7.12. The Morgan fingerprint density at radius 2 is 2.12 bits per heavy atom. The Hall–Kier alpha value is -2.60. The first-order valence-corrected chi connectivity index (χ1v) is 9.30. The van der Waals surface area contributed by atoms with Crippen LogP contribution in [-0.4, -0.2) is 25.2 Å². The summed E-state index contributed by atoms with van der Waals surface area (Å²) in [6.07, 6.45) is 10.1. The van der Waals surface area contributed by atoms with Gasteiger partial charge in [0.2, 0.25) is 0 Å². The van der Waals surface area contributed by atoms with Gasteiger partial charge in [-0.3, -0.25) is 4.79 Å². The fourth-order valence-electron chi connectivity index (χ4n) is 3.33. The van der Waals surface area contributed by atoms with Gasteiger partial charge in [-0.05, 0) is 12.5 Å². The molecule has 0 N–H and O–H groups in total. The zero-order chi connectivity index (χ0) is 18.1. The second-order valence-electron chi connectivity index (χ2n) is 6.16. The molecule has 134 valence electrons. The van der Waals surface area contributed by atoms with Crippen LogP contribution in [0.3, 0.4) is 0 Å². The van der Waals surface area contributed by atoms with E-state index >= 15 is 0 Å². The second-order valence-corrected chi connectivity index (χ2v) is 7.22. The molecule has 0 saturated carbocycles. The van der Waals surface area contributed by atoms with Gasteiger partial charge in [-0.25, -0.2) is 4.98 Å². The molecule has 1 aromatic heterocycles. The monoisotopic (exact) mass is 369 g/mol. The third kappa shape index (κ3) is 3.01. The maximum atomic E-state index is 12.1. The van der Waals surface area contributed by atoms with Crippen molar-refractivity contribution < 1.29 is 19.0 Å². The van der Waals surface area contributed by atoms with Crippen molar-refractivity contribution >= 4 is 23.4 Å². The van der Waals surface area contributed by atoms with Crippen molar-refractivity contribution in [2.24, 2.45) is 0 Å². The molecule has 0 saturated heterocycles. The van der Waals surface area contributed by atoms with Crippen LogP contribution >= 0.6 is 11.3 Å². The summed E-state index contributed by atoms with van der Waals surface area (Å²) in [5, 5.41) is 0.984. The molecule has 26 heavy (non-hydrogen) atoms. The average Bonchev–Trinajstić information content (AvgIpc) is 2.81. The van der Waals surface area contributed by atoms with Gasteiger partial charge in [0, 0.05) is 36.5 Å². The molecular formula is C20H19NO4S. The van der Waals surface area contributed by atoms with Crippen molar-refractivity contribution in [3.63, 3.8) is 0 Å². The van der Waals surface area contributed by atoms with Gasteiger partial charge >= 0.3 is 5.97 Å². The smallest absolute Gasteiger partial charge is 0.311 e. The summed E-state index contributed by atoms with van der Waals surface area (Å²) in [6.45, 7) is 0. The number of esters is 1. The summed E-state index contributed by atoms with van der Waals surface area (Å²) in [5.41, 5.74) is 1.93. The Kier molecular flexibility index (Phi) is 4.51. The first-order chi connectivity index (χ1) is 12.7. The van der Waals surface area contributed by atoms with Crippen LogP contribution in [0.4, 0.5) is 0 Å². The van der Waals surface area contributed by atoms with E-state index in [1.807, 2.05) is 18.2 Å². The highest BCUT2D eigenvalue weighted by Crippen LogP contribution is 2.47. The zero-order valence-corrected chi connectivity index (χ0v) is 15.5. The molecule has 0 radical (unpaired) electrons. The minimum Gasteiger partial charge on any atom is -0.496 e. The van der Waals surface area contributed by atoms with Crippen LogP contribution in [0.25, 0.3) is 6.08 Å². The van der Waals surface area contributed by atoms with Crippen molar-refractivity contribution in [3.05, 3.63) is 51.5 Å². The van der Waals surface area contributed by atoms with Crippen LogP contribution in [0, 0.1) is 0 Å². The highest BCUT2D eigenvalue weighted by Gasteiger charge is 2.31. The largest absolute Gasteiger partial charge is 0.496 e. The molecular weight excluding hydrogens is 350 g/mol. The van der Waals surface area contributed by atoms with E-state index in [4.69, 9.17) is 19.2 Å². The van der Waals surface area contributed by atoms with Gasteiger partial charge in [0.15, 0.2) is 0 Å². The Labute approximate surface area is 155 Å². The summed E-state index contributed by atoms with van der Waals surface area (Å²) in [5.74, 6) is 1.45. The molecule has 1 aromatic carbocycles. The van der Waals surface area contributed by atoms with Gasteiger partial charge in [0.1, 0.15) is 22.3 Å². The van der Waals surface area contributed by atoms with Gasteiger partial charge < -0.3 is 14.2 Å². The van der Waals surface area contributed by atoms with Crippen LogP contribution in [0.15, 0.2) is 30.4 Å². The molecule has 5 nitrogen and oxygen atoms in total. The van der Waals surface area contributed by atoms with Crippen molar-refractivity contribution in [2.75, 3.05) is 14.2 Å². The fraction of sp³-hybridized carbons (Fsp3) is 0.300. The molecule has 2 heterocycles. The van der Waals surface area contributed by atoms with E-state index in [0.717, 1.165) is 27.6 Å². The molecule has 0 fully saturated rings. The van der Waals surface area contributed by atoms with Crippen LogP contribution < -0.4 is 14.2 Å². The van der Waals surface area contributed by atoms with E-state index in [1.165, 1.54) is 0 Å². The Morgan fingerprint density at radius 1 is 1.23 bits per heavy atom. The number of benzene rings is 1. The number of nitrogens with zero attached hydrogens (tertiary/aromatic N) is 1. The Bertz CT molecular complexity index is 913. The number of rotatable bonds is 3. The average molecular weight is 369 g/mol. The van der Waals surface area contributed by atoms with E-state index in [0.29, 0.717) is 30.1 Å². The lowest BCUT2D eigenvalue weighted by Crippen LogP contribution is -2.05. The van der Waals surface area contributed by atoms with E-state index in [2.05, 4.69) is 12.2 Å². The van der Waals surface area contributed by atoms with Crippen molar-refractivity contribution in [1.29, 1.82) is 0 Å². The summed E-state index contributed by atoms with van der Waals surface area (Å²) in [6, 6.07) is 3.57. The first-order valence-electron chi connectivity index (χ1n) is 8.49. The third-order valence-electron chi connectivity index (χ3n) is 4.59. The molecule has 0 spiro atoms. The predicted molar refractivity (Wildman–Crippen MR) is 100 cm³/mol. The molecule has 1 atom stereocenters. The lowest BCUT2D eigenvalue weighted by atomic mass is 9.93. The van der Waals surface area contributed by atoms with Crippen molar-refractivity contribution in [3.8, 4) is 17.2 Å². The standard InChI is InChI=1S/C20H19NO4S/c1-23-12-10-15(24-2)19-13(8-9-18(22)25-16(19)11-12)20-21-14-6-4-3-5-7-17(14)26-20/h3-5,7,10-11,13H,6,8-9H2,1-2H3. The molecule has 0 amide bonds. The number of thiazole rings is 1. The molecule has 1 unspecified atom stereocenters. The number of allylic oxidation sites excluding steroid dienone is 3. The normalized spacial score (nSPS) is 18.4. The SMILES string of the molecule is COc1cc(OC)c2c(c1)OC(=O)CCC2c1nc2c(s1)C=CC=CC2. The minimum absolute atomic E-state index is 0.0494. The summed E-state index contributed by atoms with van der Waals surface area (Å²) in [4.78, 5) is 18.2. The van der Waals surface area contributed by atoms with Crippen LogP contribution in [0.2, 0.25) is 0 Å². The number of hydrogen-bond donors (Lipinski definition) is 0. The zero-order valence-electron chi connectivity index (χ0n) is 14.7. The summed E-state index contributed by atoms with van der Waals surface area (Å²) in [7, 11) is 3.19. The topological polar surface area (TPSA) is 57.7 Å². The van der Waals surface area contributed by atoms with Crippen LogP contribution in [0.5, 0.6) is 17.2 Å². The maximum Gasteiger partial charge on any atom is 0.311 e. The van der Waals surface area contributed by atoms with Gasteiger partial charge in [-0.2, -0.15) is 0 Å². The van der Waals surface area contributed by atoms with Crippen molar-refractivity contribution in [1.82, 2.24) is 4.98 Å². The van der Waals surface area contributed by atoms with Gasteiger partial charge in [0.25, 0.3) is 0 Å². The number of aromatic nitrogens is 1. The number of hydrogen-bond acceptors (Lipinski definition) is 6.